The summed E-state index contributed by atoms with van der Waals surface area (Å²) in [6, 6.07) is 2.97. The largest absolute Gasteiger partial charge is 0.493 e. The van der Waals surface area contributed by atoms with E-state index in [0.29, 0.717) is 42.0 Å². The summed E-state index contributed by atoms with van der Waals surface area (Å²) in [6.45, 7) is 4.47. The Morgan fingerprint density at radius 3 is 2.68 bits per heavy atom. The van der Waals surface area contributed by atoms with Crippen molar-refractivity contribution in [1.82, 2.24) is 5.32 Å². The molecule has 0 saturated carbocycles. The Bertz CT molecular complexity index is 659. The highest BCUT2D eigenvalue weighted by molar-refractivity contribution is 7.99. The molecule has 0 aromatic heterocycles. The van der Waals surface area contributed by atoms with Crippen molar-refractivity contribution in [3.63, 3.8) is 0 Å². The van der Waals surface area contributed by atoms with E-state index < -0.39 is 17.4 Å². The lowest BCUT2D eigenvalue weighted by Gasteiger charge is -2.25. The number of benzene rings is 1. The van der Waals surface area contributed by atoms with Crippen LogP contribution in [0.4, 0.5) is 0 Å². The van der Waals surface area contributed by atoms with Crippen LogP contribution in [0.3, 0.4) is 0 Å². The number of ether oxygens (including phenoxy) is 2. The third-order valence-corrected chi connectivity index (χ3v) is 5.31. The van der Waals surface area contributed by atoms with E-state index in [1.165, 1.54) is 31.0 Å². The van der Waals surface area contributed by atoms with Crippen LogP contribution in [0.2, 0.25) is 5.02 Å². The van der Waals surface area contributed by atoms with Gasteiger partial charge >= 0.3 is 5.97 Å². The number of amides is 1. The number of hydrogen-bond donors (Lipinski definition) is 2. The lowest BCUT2D eigenvalue weighted by atomic mass is 9.98. The summed E-state index contributed by atoms with van der Waals surface area (Å²) in [7, 11) is 1.46. The summed E-state index contributed by atoms with van der Waals surface area (Å²) in [4.78, 5) is 24.2. The Morgan fingerprint density at radius 2 is 2.16 bits per heavy atom. The number of thioether (sulfide) groups is 1. The van der Waals surface area contributed by atoms with Crippen LogP contribution in [0.25, 0.3) is 0 Å². The maximum atomic E-state index is 12.6. The van der Waals surface area contributed by atoms with Gasteiger partial charge in [0.25, 0.3) is 5.91 Å². The molecule has 138 valence electrons. The first-order chi connectivity index (χ1) is 11.8. The van der Waals surface area contributed by atoms with Gasteiger partial charge in [0.2, 0.25) is 0 Å². The summed E-state index contributed by atoms with van der Waals surface area (Å²) < 4.78 is 10.9. The Hall–Kier alpha value is -1.60. The second-order valence-corrected chi connectivity index (χ2v) is 7.85. The zero-order chi connectivity index (χ0) is 18.6. The maximum absolute atomic E-state index is 12.6. The van der Waals surface area contributed by atoms with Crippen LogP contribution in [0.1, 0.15) is 30.6 Å². The molecule has 8 heteroatoms. The van der Waals surface area contributed by atoms with E-state index in [2.05, 4.69) is 5.32 Å². The van der Waals surface area contributed by atoms with E-state index in [4.69, 9.17) is 21.1 Å². The van der Waals surface area contributed by atoms with Gasteiger partial charge in [-0.05, 0) is 30.2 Å². The van der Waals surface area contributed by atoms with Crippen LogP contribution < -0.4 is 14.8 Å². The fourth-order valence-electron chi connectivity index (χ4n) is 2.42. The predicted octanol–water partition coefficient (Wildman–Crippen LogP) is 3.07. The molecule has 1 unspecified atom stereocenters. The smallest absolute Gasteiger partial charge is 0.330 e. The molecule has 1 aromatic carbocycles. The molecule has 1 aliphatic heterocycles. The second-order valence-electron chi connectivity index (χ2n) is 6.34. The molecule has 1 amide bonds. The zero-order valence-electron chi connectivity index (χ0n) is 14.4. The highest BCUT2D eigenvalue weighted by atomic mass is 35.5. The van der Waals surface area contributed by atoms with Gasteiger partial charge in [0, 0.05) is 11.3 Å². The molecule has 0 radical (unpaired) electrons. The predicted molar refractivity (Wildman–Crippen MR) is 98.1 cm³/mol. The molecular weight excluding hydrogens is 366 g/mol. The van der Waals surface area contributed by atoms with Crippen LogP contribution in [-0.2, 0) is 4.79 Å². The van der Waals surface area contributed by atoms with Crippen molar-refractivity contribution in [2.24, 2.45) is 5.92 Å². The molecule has 2 rings (SSSR count). The molecule has 0 spiro atoms. The van der Waals surface area contributed by atoms with Crippen molar-refractivity contribution in [2.45, 2.75) is 25.8 Å². The van der Waals surface area contributed by atoms with E-state index in [1.54, 1.807) is 0 Å². The zero-order valence-corrected chi connectivity index (χ0v) is 16.0. The molecule has 1 aliphatic rings. The lowest BCUT2D eigenvalue weighted by Crippen LogP contribution is -2.54. The Kier molecular flexibility index (Phi) is 6.46. The number of hydrogen-bond acceptors (Lipinski definition) is 5. The highest BCUT2D eigenvalue weighted by Crippen LogP contribution is 2.37. The average molecular weight is 388 g/mol. The molecule has 0 aliphatic carbocycles. The van der Waals surface area contributed by atoms with Crippen molar-refractivity contribution in [3.8, 4) is 11.5 Å². The van der Waals surface area contributed by atoms with Gasteiger partial charge in [-0.3, -0.25) is 4.79 Å². The Morgan fingerprint density at radius 1 is 1.44 bits per heavy atom. The first-order valence-corrected chi connectivity index (χ1v) is 9.46. The second kappa shape index (κ2) is 8.19. The maximum Gasteiger partial charge on any atom is 0.330 e. The fourth-order valence-corrected chi connectivity index (χ4v) is 4.01. The molecule has 1 heterocycles. The monoisotopic (exact) mass is 387 g/mol. The minimum Gasteiger partial charge on any atom is -0.493 e. The van der Waals surface area contributed by atoms with Crippen molar-refractivity contribution in [1.29, 1.82) is 0 Å². The van der Waals surface area contributed by atoms with E-state index in [0.717, 1.165) is 0 Å². The van der Waals surface area contributed by atoms with Gasteiger partial charge in [-0.15, -0.1) is 0 Å². The number of carbonyl (C=O) groups excluding carboxylic acids is 1. The normalized spacial score (nSPS) is 19.7. The molecule has 6 nitrogen and oxygen atoms in total. The SMILES string of the molecule is COc1cc(C(=O)NC2(C(=O)O)CCSC2)cc(Cl)c1OCC(C)C. The number of carboxylic acids is 1. The van der Waals surface area contributed by atoms with E-state index in [9.17, 15) is 14.7 Å². The quantitative estimate of drug-likeness (QED) is 0.747. The summed E-state index contributed by atoms with van der Waals surface area (Å²) in [6.07, 6.45) is 0.388. The van der Waals surface area contributed by atoms with Crippen LogP contribution in [0, 0.1) is 5.92 Å². The lowest BCUT2D eigenvalue weighted by molar-refractivity contribution is -0.143. The number of carboxylic acid groups (broad SMARTS) is 1. The summed E-state index contributed by atoms with van der Waals surface area (Å²) in [5.41, 5.74) is -1.01. The molecule has 1 atom stereocenters. The number of nitrogens with one attached hydrogen (secondary N) is 1. The first-order valence-electron chi connectivity index (χ1n) is 7.93. The first kappa shape index (κ1) is 19.7. The molecule has 1 aromatic rings. The van der Waals surface area contributed by atoms with Gasteiger partial charge in [0.15, 0.2) is 11.5 Å². The van der Waals surface area contributed by atoms with Crippen LogP contribution in [0.5, 0.6) is 11.5 Å². The van der Waals surface area contributed by atoms with Gasteiger partial charge in [0.05, 0.1) is 18.7 Å². The van der Waals surface area contributed by atoms with Crippen molar-refractivity contribution in [2.75, 3.05) is 25.2 Å². The molecule has 2 N–H and O–H groups in total. The number of halogens is 1. The van der Waals surface area contributed by atoms with Crippen LogP contribution in [0.15, 0.2) is 12.1 Å². The highest BCUT2D eigenvalue weighted by Gasteiger charge is 2.43. The van der Waals surface area contributed by atoms with E-state index >= 15 is 0 Å². The van der Waals surface area contributed by atoms with Crippen LogP contribution >= 0.6 is 23.4 Å². The molecule has 0 bridgehead atoms. The third kappa shape index (κ3) is 4.52. The van der Waals surface area contributed by atoms with Gasteiger partial charge < -0.3 is 19.9 Å². The molecular formula is C17H22ClNO5S. The van der Waals surface area contributed by atoms with Crippen LogP contribution in [-0.4, -0.2) is 47.7 Å². The van der Waals surface area contributed by atoms with Crippen molar-refractivity contribution >= 4 is 35.2 Å². The number of rotatable bonds is 7. The molecule has 25 heavy (non-hydrogen) atoms. The average Bonchev–Trinajstić information content (AvgIpc) is 3.02. The summed E-state index contributed by atoms with van der Waals surface area (Å²) in [5, 5.41) is 12.4. The number of aliphatic carboxylic acids is 1. The molecule has 1 saturated heterocycles. The minimum absolute atomic E-state index is 0.233. The Labute approximate surface area is 156 Å². The van der Waals surface area contributed by atoms with Gasteiger partial charge in [-0.1, -0.05) is 25.4 Å². The number of methoxy groups -OCH3 is 1. The van der Waals surface area contributed by atoms with Gasteiger partial charge in [0.1, 0.15) is 5.54 Å². The topological polar surface area (TPSA) is 84.9 Å². The Balaban J connectivity index is 2.25. The third-order valence-electron chi connectivity index (χ3n) is 3.84. The van der Waals surface area contributed by atoms with E-state index in [1.807, 2.05) is 13.8 Å². The molecule has 1 fully saturated rings. The van der Waals surface area contributed by atoms with Crippen molar-refractivity contribution < 1.29 is 24.2 Å². The van der Waals surface area contributed by atoms with E-state index in [-0.39, 0.29) is 10.6 Å². The fraction of sp³-hybridized carbons (Fsp3) is 0.529. The summed E-state index contributed by atoms with van der Waals surface area (Å²) >= 11 is 7.75. The van der Waals surface area contributed by atoms with Gasteiger partial charge in [-0.2, -0.15) is 11.8 Å². The number of carbonyl (C=O) groups is 2. The summed E-state index contributed by atoms with van der Waals surface area (Å²) in [5.74, 6) is 0.523. The van der Waals surface area contributed by atoms with Gasteiger partial charge in [-0.25, -0.2) is 4.79 Å². The minimum atomic E-state index is -1.24. The standard InChI is InChI=1S/C17H22ClNO5S/c1-10(2)8-24-14-12(18)6-11(7-13(14)23-3)15(20)19-17(16(21)22)4-5-25-9-17/h6-7,10H,4-5,8-9H2,1-3H3,(H,19,20)(H,21,22). The van der Waals surface area contributed by atoms with Crippen molar-refractivity contribution in [3.05, 3.63) is 22.7 Å².